The predicted octanol–water partition coefficient (Wildman–Crippen LogP) is 2.39. The molecule has 4 rings (SSSR count). The normalized spacial score (nSPS) is 18.2. The molecule has 1 N–H and O–H groups in total. The Hall–Kier alpha value is -3.01. The van der Waals surface area contributed by atoms with Crippen LogP contribution in [0.2, 0.25) is 0 Å². The SMILES string of the molecule is COc1cc(CN(C(O)Cn2cc(-c3ccccc3)c(C)n2)[C@@H]2C=CS(=O)(=O)C2)ccn1. The molecule has 2 aromatic heterocycles. The monoisotopic (exact) mass is 454 g/mol. The minimum absolute atomic E-state index is 0.0698. The number of nitrogens with zero attached hydrogens (tertiary/aromatic N) is 4. The molecule has 0 bridgehead atoms. The van der Waals surface area contributed by atoms with E-state index in [-0.39, 0.29) is 12.3 Å². The van der Waals surface area contributed by atoms with Gasteiger partial charge in [-0.05, 0) is 24.1 Å². The number of ether oxygens (including phenoxy) is 1. The van der Waals surface area contributed by atoms with E-state index in [2.05, 4.69) is 10.1 Å². The Bertz CT molecular complexity index is 1210. The van der Waals surface area contributed by atoms with Gasteiger partial charge in [-0.3, -0.25) is 9.58 Å². The topological polar surface area (TPSA) is 97.5 Å². The second-order valence-electron chi connectivity index (χ2n) is 7.80. The zero-order valence-corrected chi connectivity index (χ0v) is 18.8. The summed E-state index contributed by atoms with van der Waals surface area (Å²) in [5.41, 5.74) is 3.76. The van der Waals surface area contributed by atoms with E-state index in [0.29, 0.717) is 12.4 Å². The van der Waals surface area contributed by atoms with Gasteiger partial charge in [-0.1, -0.05) is 36.4 Å². The zero-order valence-electron chi connectivity index (χ0n) is 18.0. The van der Waals surface area contributed by atoms with Crippen molar-refractivity contribution in [3.05, 3.63) is 77.6 Å². The summed E-state index contributed by atoms with van der Waals surface area (Å²) in [6.07, 6.45) is 4.20. The van der Waals surface area contributed by atoms with Gasteiger partial charge in [0.15, 0.2) is 9.84 Å². The summed E-state index contributed by atoms with van der Waals surface area (Å²) in [7, 11) is -1.75. The molecule has 1 aromatic carbocycles. The fraction of sp³-hybridized carbons (Fsp3) is 0.304. The third kappa shape index (κ3) is 5.07. The zero-order chi connectivity index (χ0) is 22.7. The lowest BCUT2D eigenvalue weighted by Crippen LogP contribution is -2.45. The standard InChI is InChI=1S/C23H26N4O4S/c1-17-21(19-6-4-3-5-7-19)14-26(25-17)15-23(28)27(20-9-11-32(29,30)16-20)13-18-8-10-24-22(12-18)31-2/h3-12,14,20,23,28H,13,15-16H2,1-2H3/t20-,23?/m1/s1. The molecule has 1 aliphatic rings. The van der Waals surface area contributed by atoms with Gasteiger partial charge in [0.2, 0.25) is 5.88 Å². The molecule has 1 unspecified atom stereocenters. The Kier molecular flexibility index (Phi) is 6.40. The number of aromatic nitrogens is 3. The van der Waals surface area contributed by atoms with Gasteiger partial charge >= 0.3 is 0 Å². The third-order valence-corrected chi connectivity index (χ3v) is 6.85. The fourth-order valence-corrected chi connectivity index (χ4v) is 5.18. The Balaban J connectivity index is 1.57. The quantitative estimate of drug-likeness (QED) is 0.522. The van der Waals surface area contributed by atoms with E-state index in [4.69, 9.17) is 4.74 Å². The van der Waals surface area contributed by atoms with Crippen molar-refractivity contribution in [2.75, 3.05) is 12.9 Å². The number of aliphatic hydroxyl groups is 1. The minimum Gasteiger partial charge on any atom is -0.481 e. The van der Waals surface area contributed by atoms with E-state index in [0.717, 1.165) is 22.4 Å². The minimum atomic E-state index is -3.28. The van der Waals surface area contributed by atoms with Gasteiger partial charge in [-0.25, -0.2) is 13.4 Å². The smallest absolute Gasteiger partial charge is 0.213 e. The Morgan fingerprint density at radius 2 is 2.06 bits per heavy atom. The molecule has 9 heteroatoms. The van der Waals surface area contributed by atoms with Crippen LogP contribution in [0.25, 0.3) is 11.1 Å². The van der Waals surface area contributed by atoms with Crippen molar-refractivity contribution in [2.45, 2.75) is 32.3 Å². The Labute approximate surface area is 187 Å². The van der Waals surface area contributed by atoms with Crippen molar-refractivity contribution >= 4 is 9.84 Å². The second kappa shape index (κ2) is 9.23. The van der Waals surface area contributed by atoms with E-state index in [1.54, 1.807) is 27.9 Å². The maximum atomic E-state index is 12.0. The van der Waals surface area contributed by atoms with Crippen molar-refractivity contribution in [3.63, 3.8) is 0 Å². The van der Waals surface area contributed by atoms with Crippen molar-refractivity contribution in [1.29, 1.82) is 0 Å². The first-order valence-electron chi connectivity index (χ1n) is 10.3. The number of aryl methyl sites for hydroxylation is 1. The second-order valence-corrected chi connectivity index (χ2v) is 9.73. The molecule has 2 atom stereocenters. The molecule has 0 radical (unpaired) electrons. The van der Waals surface area contributed by atoms with Gasteiger partial charge in [-0.2, -0.15) is 5.10 Å². The summed E-state index contributed by atoms with van der Waals surface area (Å²) in [6.45, 7) is 2.45. The molecule has 0 amide bonds. The van der Waals surface area contributed by atoms with Crippen LogP contribution in [0.15, 0.2) is 66.3 Å². The van der Waals surface area contributed by atoms with Gasteiger partial charge in [0.25, 0.3) is 0 Å². The summed E-state index contributed by atoms with van der Waals surface area (Å²) < 4.78 is 31.0. The van der Waals surface area contributed by atoms with E-state index in [1.807, 2.05) is 49.5 Å². The lowest BCUT2D eigenvalue weighted by molar-refractivity contribution is -0.0282. The van der Waals surface area contributed by atoms with E-state index in [1.165, 1.54) is 12.5 Å². The van der Waals surface area contributed by atoms with Crippen LogP contribution in [0.5, 0.6) is 5.88 Å². The molecule has 0 saturated heterocycles. The van der Waals surface area contributed by atoms with Gasteiger partial charge in [0.1, 0.15) is 6.23 Å². The molecule has 3 heterocycles. The molecule has 0 saturated carbocycles. The number of hydrogen-bond acceptors (Lipinski definition) is 7. The van der Waals surface area contributed by atoms with Crippen LogP contribution in [-0.2, 0) is 22.9 Å². The first-order valence-corrected chi connectivity index (χ1v) is 12.0. The fourth-order valence-electron chi connectivity index (χ4n) is 3.87. The maximum Gasteiger partial charge on any atom is 0.213 e. The van der Waals surface area contributed by atoms with E-state index >= 15 is 0 Å². The van der Waals surface area contributed by atoms with Crippen LogP contribution in [0, 0.1) is 6.92 Å². The van der Waals surface area contributed by atoms with E-state index < -0.39 is 22.1 Å². The highest BCUT2D eigenvalue weighted by atomic mass is 32.2. The summed E-state index contributed by atoms with van der Waals surface area (Å²) in [5, 5.41) is 16.9. The molecule has 0 spiro atoms. The molecule has 8 nitrogen and oxygen atoms in total. The largest absolute Gasteiger partial charge is 0.481 e. The van der Waals surface area contributed by atoms with E-state index in [9.17, 15) is 13.5 Å². The summed E-state index contributed by atoms with van der Waals surface area (Å²) >= 11 is 0. The van der Waals surface area contributed by atoms with Gasteiger partial charge in [0.05, 0.1) is 25.1 Å². The number of benzene rings is 1. The molecule has 168 valence electrons. The third-order valence-electron chi connectivity index (χ3n) is 5.47. The van der Waals surface area contributed by atoms with Crippen LogP contribution in [0.4, 0.5) is 0 Å². The molecule has 3 aromatic rings. The van der Waals surface area contributed by atoms with Crippen LogP contribution >= 0.6 is 0 Å². The molecular formula is C23H26N4O4S. The van der Waals surface area contributed by atoms with Crippen LogP contribution < -0.4 is 4.74 Å². The van der Waals surface area contributed by atoms with Gasteiger partial charge in [-0.15, -0.1) is 0 Å². The summed E-state index contributed by atoms with van der Waals surface area (Å²) in [6, 6.07) is 13.1. The lowest BCUT2D eigenvalue weighted by atomic mass is 10.1. The molecule has 1 aliphatic heterocycles. The average molecular weight is 455 g/mol. The number of pyridine rings is 1. The van der Waals surface area contributed by atoms with Crippen LogP contribution in [0.3, 0.4) is 0 Å². The maximum absolute atomic E-state index is 12.0. The molecule has 0 fully saturated rings. The van der Waals surface area contributed by atoms with Gasteiger partial charge < -0.3 is 9.84 Å². The average Bonchev–Trinajstić information content (AvgIpc) is 3.33. The number of aliphatic hydroxyl groups excluding tert-OH is 1. The number of methoxy groups -OCH3 is 1. The lowest BCUT2D eigenvalue weighted by Gasteiger charge is -2.32. The molecular weight excluding hydrogens is 428 g/mol. The number of rotatable bonds is 8. The first kappa shape index (κ1) is 22.2. The number of sulfone groups is 1. The van der Waals surface area contributed by atoms with Crippen molar-refractivity contribution in [1.82, 2.24) is 19.7 Å². The summed E-state index contributed by atoms with van der Waals surface area (Å²) in [5.74, 6) is 0.390. The van der Waals surface area contributed by atoms with Crippen LogP contribution in [0.1, 0.15) is 11.3 Å². The number of hydrogen-bond donors (Lipinski definition) is 1. The summed E-state index contributed by atoms with van der Waals surface area (Å²) in [4.78, 5) is 5.87. The highest BCUT2D eigenvalue weighted by Gasteiger charge is 2.31. The Morgan fingerprint density at radius 3 is 2.75 bits per heavy atom. The van der Waals surface area contributed by atoms with Crippen LogP contribution in [-0.4, -0.2) is 58.3 Å². The van der Waals surface area contributed by atoms with Gasteiger partial charge in [0, 0.05) is 42.0 Å². The van der Waals surface area contributed by atoms with Crippen molar-refractivity contribution in [2.24, 2.45) is 0 Å². The highest BCUT2D eigenvalue weighted by Crippen LogP contribution is 2.24. The highest BCUT2D eigenvalue weighted by molar-refractivity contribution is 7.94. The Morgan fingerprint density at radius 1 is 1.28 bits per heavy atom. The molecule has 0 aliphatic carbocycles. The molecule has 32 heavy (non-hydrogen) atoms. The predicted molar refractivity (Wildman–Crippen MR) is 121 cm³/mol. The van der Waals surface area contributed by atoms with Crippen molar-refractivity contribution < 1.29 is 18.3 Å². The first-order chi connectivity index (χ1) is 15.3. The van der Waals surface area contributed by atoms with Crippen molar-refractivity contribution in [3.8, 4) is 17.0 Å².